The van der Waals surface area contributed by atoms with Gasteiger partial charge in [-0.25, -0.2) is 13.4 Å². The molecule has 0 unspecified atom stereocenters. The Morgan fingerprint density at radius 2 is 1.83 bits per heavy atom. The Kier molecular flexibility index (Phi) is 5.04. The van der Waals surface area contributed by atoms with Crippen molar-refractivity contribution in [3.63, 3.8) is 0 Å². The van der Waals surface area contributed by atoms with Crippen LogP contribution >= 0.6 is 0 Å². The second-order valence-electron chi connectivity index (χ2n) is 7.59. The summed E-state index contributed by atoms with van der Waals surface area (Å²) < 4.78 is 34.2. The van der Waals surface area contributed by atoms with Crippen LogP contribution in [0.15, 0.2) is 38.5 Å². The lowest BCUT2D eigenvalue weighted by Crippen LogP contribution is -2.40. The molecular weight excluding hydrogens is 392 g/mol. The van der Waals surface area contributed by atoms with Gasteiger partial charge in [-0.05, 0) is 51.7 Å². The van der Waals surface area contributed by atoms with Crippen LogP contribution in [0.3, 0.4) is 0 Å². The van der Waals surface area contributed by atoms with Crippen LogP contribution in [0.2, 0.25) is 0 Å². The molecule has 0 spiro atoms. The maximum atomic E-state index is 13.0. The first kappa shape index (κ1) is 19.8. The second kappa shape index (κ2) is 7.38. The Bertz CT molecular complexity index is 1200. The number of aromatic nitrogens is 3. The van der Waals surface area contributed by atoms with Crippen molar-refractivity contribution in [3.05, 3.63) is 51.9 Å². The van der Waals surface area contributed by atoms with Crippen molar-refractivity contribution >= 4 is 20.9 Å². The first-order valence-corrected chi connectivity index (χ1v) is 11.1. The molecule has 1 saturated heterocycles. The normalized spacial score (nSPS) is 16.5. The van der Waals surface area contributed by atoms with Crippen molar-refractivity contribution in [3.8, 4) is 0 Å². The minimum Gasteiger partial charge on any atom is -0.360 e. The fourth-order valence-corrected chi connectivity index (χ4v) is 5.82. The zero-order valence-corrected chi connectivity index (χ0v) is 17.6. The fraction of sp³-hybridized carbons (Fsp3) is 0.450. The van der Waals surface area contributed by atoms with E-state index in [0.717, 1.165) is 0 Å². The largest absolute Gasteiger partial charge is 0.360 e. The van der Waals surface area contributed by atoms with Gasteiger partial charge in [0.1, 0.15) is 16.4 Å². The highest BCUT2D eigenvalue weighted by Crippen LogP contribution is 2.28. The Morgan fingerprint density at radius 3 is 2.48 bits per heavy atom. The summed E-state index contributed by atoms with van der Waals surface area (Å²) in [5.41, 5.74) is 1.04. The average molecular weight is 417 g/mol. The van der Waals surface area contributed by atoms with Gasteiger partial charge in [0.25, 0.3) is 5.56 Å². The van der Waals surface area contributed by atoms with Gasteiger partial charge in [-0.2, -0.15) is 4.31 Å². The predicted octanol–water partition coefficient (Wildman–Crippen LogP) is 2.41. The summed E-state index contributed by atoms with van der Waals surface area (Å²) in [5, 5.41) is 4.37. The highest BCUT2D eigenvalue weighted by atomic mass is 32.2. The molecule has 4 rings (SSSR count). The number of piperidine rings is 1. The van der Waals surface area contributed by atoms with E-state index in [9.17, 15) is 13.2 Å². The zero-order valence-electron chi connectivity index (χ0n) is 16.8. The Balaban J connectivity index is 1.51. The topological polar surface area (TPSA) is 98.3 Å². The number of nitrogens with zero attached hydrogens (tertiary/aromatic N) is 4. The van der Waals surface area contributed by atoms with Crippen molar-refractivity contribution in [2.75, 3.05) is 13.1 Å². The summed E-state index contributed by atoms with van der Waals surface area (Å²) in [4.78, 5) is 17.6. The quantitative estimate of drug-likeness (QED) is 0.648. The third kappa shape index (κ3) is 3.49. The Morgan fingerprint density at radius 1 is 1.14 bits per heavy atom. The van der Waals surface area contributed by atoms with E-state index in [1.165, 1.54) is 4.31 Å². The van der Waals surface area contributed by atoms with Crippen molar-refractivity contribution in [2.45, 2.75) is 45.1 Å². The van der Waals surface area contributed by atoms with Crippen molar-refractivity contribution in [2.24, 2.45) is 5.92 Å². The molecule has 154 valence electrons. The van der Waals surface area contributed by atoms with Crippen LogP contribution in [0.4, 0.5) is 0 Å². The molecule has 3 heterocycles. The number of sulfonamides is 1. The molecular formula is C20H24N4O4S. The molecule has 0 saturated carbocycles. The maximum absolute atomic E-state index is 13.0. The molecule has 0 bridgehead atoms. The van der Waals surface area contributed by atoms with Gasteiger partial charge < -0.3 is 4.52 Å². The van der Waals surface area contributed by atoms with Crippen LogP contribution in [0.5, 0.6) is 0 Å². The maximum Gasteiger partial charge on any atom is 0.261 e. The van der Waals surface area contributed by atoms with Crippen LogP contribution in [0.1, 0.15) is 30.1 Å². The van der Waals surface area contributed by atoms with E-state index in [-0.39, 0.29) is 16.4 Å². The van der Waals surface area contributed by atoms with E-state index >= 15 is 0 Å². The number of hydrogen-bond acceptors (Lipinski definition) is 6. The van der Waals surface area contributed by atoms with Gasteiger partial charge in [0, 0.05) is 19.6 Å². The van der Waals surface area contributed by atoms with Crippen LogP contribution < -0.4 is 5.56 Å². The van der Waals surface area contributed by atoms with Crippen molar-refractivity contribution in [1.29, 1.82) is 0 Å². The van der Waals surface area contributed by atoms with Gasteiger partial charge in [-0.1, -0.05) is 17.3 Å². The minimum absolute atomic E-state index is 0.0427. The van der Waals surface area contributed by atoms with E-state index in [0.29, 0.717) is 60.7 Å². The molecule has 1 aromatic carbocycles. The van der Waals surface area contributed by atoms with E-state index < -0.39 is 10.0 Å². The second-order valence-corrected chi connectivity index (χ2v) is 9.47. The van der Waals surface area contributed by atoms with Gasteiger partial charge in [-0.3, -0.25) is 9.36 Å². The molecule has 0 aliphatic carbocycles. The number of aryl methyl sites for hydroxylation is 3. The lowest BCUT2D eigenvalue weighted by Gasteiger charge is -2.31. The van der Waals surface area contributed by atoms with E-state index in [1.807, 2.05) is 25.1 Å². The molecule has 29 heavy (non-hydrogen) atoms. The van der Waals surface area contributed by atoms with Crippen molar-refractivity contribution < 1.29 is 12.9 Å². The summed E-state index contributed by atoms with van der Waals surface area (Å²) in [6.07, 6.45) is 1.36. The van der Waals surface area contributed by atoms with Crippen LogP contribution in [-0.2, 0) is 16.6 Å². The highest BCUT2D eigenvalue weighted by molar-refractivity contribution is 7.89. The molecule has 0 amide bonds. The zero-order chi connectivity index (χ0) is 20.8. The summed E-state index contributed by atoms with van der Waals surface area (Å²) in [6.45, 7) is 6.45. The predicted molar refractivity (Wildman–Crippen MR) is 108 cm³/mol. The first-order chi connectivity index (χ1) is 13.8. The van der Waals surface area contributed by atoms with E-state index in [2.05, 4.69) is 10.1 Å². The molecule has 3 aromatic rings. The number of hydrogen-bond donors (Lipinski definition) is 0. The summed E-state index contributed by atoms with van der Waals surface area (Å²) in [5.74, 6) is 1.21. The molecule has 2 aromatic heterocycles. The van der Waals surface area contributed by atoms with Crippen molar-refractivity contribution in [1.82, 2.24) is 19.0 Å². The lowest BCUT2D eigenvalue weighted by molar-refractivity contribution is 0.249. The molecule has 0 N–H and O–H groups in total. The SMILES string of the molecule is Cc1noc(C)c1S(=O)(=O)N1CCC(Cn2c(C)nc3ccccc3c2=O)CC1. The summed E-state index contributed by atoms with van der Waals surface area (Å²) in [7, 11) is -3.63. The van der Waals surface area contributed by atoms with Crippen LogP contribution in [-0.4, -0.2) is 40.5 Å². The molecule has 1 aliphatic heterocycles. The van der Waals surface area contributed by atoms with Crippen LogP contribution in [0.25, 0.3) is 10.9 Å². The number of fused-ring (bicyclic) bond motifs is 1. The minimum atomic E-state index is -3.63. The third-order valence-electron chi connectivity index (χ3n) is 5.63. The van der Waals surface area contributed by atoms with Gasteiger partial charge in [0.2, 0.25) is 10.0 Å². The third-order valence-corrected chi connectivity index (χ3v) is 7.78. The molecule has 0 atom stereocenters. The number of benzene rings is 1. The summed E-state index contributed by atoms with van der Waals surface area (Å²) >= 11 is 0. The molecule has 8 nitrogen and oxygen atoms in total. The first-order valence-electron chi connectivity index (χ1n) is 9.68. The van der Waals surface area contributed by atoms with Gasteiger partial charge in [0.15, 0.2) is 5.76 Å². The highest BCUT2D eigenvalue weighted by Gasteiger charge is 2.34. The Labute approximate surface area is 169 Å². The number of rotatable bonds is 4. The lowest BCUT2D eigenvalue weighted by atomic mass is 9.98. The molecule has 9 heteroatoms. The Hall–Kier alpha value is -2.52. The average Bonchev–Trinajstić information content (AvgIpc) is 3.04. The monoisotopic (exact) mass is 416 g/mol. The van der Waals surface area contributed by atoms with Gasteiger partial charge in [0.05, 0.1) is 10.9 Å². The molecule has 1 aliphatic rings. The standard InChI is InChI=1S/C20H24N4O4S/c1-13-19(14(2)28-22-13)29(26,27)23-10-8-16(9-11-23)12-24-15(3)21-18-7-5-4-6-17(18)20(24)25/h4-7,16H,8-12H2,1-3H3. The smallest absolute Gasteiger partial charge is 0.261 e. The van der Waals surface area contributed by atoms with Gasteiger partial charge in [-0.15, -0.1) is 0 Å². The molecule has 1 fully saturated rings. The van der Waals surface area contributed by atoms with E-state index in [1.54, 1.807) is 24.5 Å². The van der Waals surface area contributed by atoms with Gasteiger partial charge >= 0.3 is 0 Å². The fourth-order valence-electron chi connectivity index (χ4n) is 4.06. The number of para-hydroxylation sites is 1. The summed E-state index contributed by atoms with van der Waals surface area (Å²) in [6, 6.07) is 7.34. The molecule has 0 radical (unpaired) electrons. The van der Waals surface area contributed by atoms with Crippen LogP contribution in [0, 0.1) is 26.7 Å². The van der Waals surface area contributed by atoms with E-state index in [4.69, 9.17) is 4.52 Å².